The number of carbonyl (C=O) groups is 1. The fraction of sp³-hybridized carbons (Fsp3) is 0.211. The average molecular weight is 464 g/mol. The third kappa shape index (κ3) is 4.62. The molecule has 1 atom stereocenters. The van der Waals surface area contributed by atoms with Gasteiger partial charge in [0.1, 0.15) is 18.2 Å². The second-order valence-electron chi connectivity index (χ2n) is 6.82. The topological polar surface area (TPSA) is 118 Å². The van der Waals surface area contributed by atoms with E-state index in [1.165, 1.54) is 23.7 Å². The van der Waals surface area contributed by atoms with Gasteiger partial charge in [0.05, 0.1) is 9.85 Å². The van der Waals surface area contributed by atoms with Crippen LogP contribution in [0.4, 0.5) is 5.82 Å². The van der Waals surface area contributed by atoms with Crippen molar-refractivity contribution in [3.8, 4) is 0 Å². The van der Waals surface area contributed by atoms with Crippen molar-refractivity contribution >= 4 is 61.7 Å². The molecule has 3 heterocycles. The highest BCUT2D eigenvalue weighted by Gasteiger charge is 2.33. The SMILES string of the molecule is Nc1ncnc2cc(CN3CC[C@@H](NS(=O)(=O)C=Cc4ccc(Cl)s4)C3=O)ccc12. The third-order valence-electron chi connectivity index (χ3n) is 4.71. The van der Waals surface area contributed by atoms with Crippen LogP contribution in [0.25, 0.3) is 17.0 Å². The number of hydrogen-bond acceptors (Lipinski definition) is 7. The lowest BCUT2D eigenvalue weighted by atomic mass is 10.1. The molecule has 11 heteroatoms. The first-order chi connectivity index (χ1) is 14.3. The van der Waals surface area contributed by atoms with Crippen molar-refractivity contribution in [3.05, 3.63) is 56.8 Å². The smallest absolute Gasteiger partial charge is 0.241 e. The van der Waals surface area contributed by atoms with Crippen molar-refractivity contribution in [2.45, 2.75) is 19.0 Å². The minimum absolute atomic E-state index is 0.256. The van der Waals surface area contributed by atoms with Crippen molar-refractivity contribution in [1.82, 2.24) is 19.6 Å². The van der Waals surface area contributed by atoms with Crippen LogP contribution in [0.1, 0.15) is 16.9 Å². The summed E-state index contributed by atoms with van der Waals surface area (Å²) in [5.41, 5.74) is 7.42. The first kappa shape index (κ1) is 20.7. The number of nitrogens with one attached hydrogen (secondary N) is 1. The van der Waals surface area contributed by atoms with Crippen LogP contribution in [-0.4, -0.2) is 41.8 Å². The summed E-state index contributed by atoms with van der Waals surface area (Å²) in [4.78, 5) is 23.2. The Bertz CT molecular complexity index is 1240. The van der Waals surface area contributed by atoms with Crippen LogP contribution >= 0.6 is 22.9 Å². The van der Waals surface area contributed by atoms with E-state index < -0.39 is 16.1 Å². The van der Waals surface area contributed by atoms with Crippen molar-refractivity contribution in [3.63, 3.8) is 0 Å². The molecular formula is C19H18ClN5O3S2. The van der Waals surface area contributed by atoms with E-state index in [0.717, 1.165) is 16.4 Å². The van der Waals surface area contributed by atoms with Gasteiger partial charge in [-0.1, -0.05) is 17.7 Å². The van der Waals surface area contributed by atoms with E-state index in [1.54, 1.807) is 17.0 Å². The monoisotopic (exact) mass is 463 g/mol. The van der Waals surface area contributed by atoms with Gasteiger partial charge in [-0.2, -0.15) is 4.72 Å². The normalized spacial score (nSPS) is 17.4. The van der Waals surface area contributed by atoms with Gasteiger partial charge in [0.2, 0.25) is 15.9 Å². The molecule has 1 fully saturated rings. The van der Waals surface area contributed by atoms with Gasteiger partial charge in [-0.15, -0.1) is 11.3 Å². The molecule has 0 unspecified atom stereocenters. The summed E-state index contributed by atoms with van der Waals surface area (Å²) in [5.74, 6) is 0.143. The number of hydrogen-bond donors (Lipinski definition) is 2. The van der Waals surface area contributed by atoms with Crippen LogP contribution in [0.5, 0.6) is 0 Å². The molecule has 4 rings (SSSR count). The summed E-state index contributed by atoms with van der Waals surface area (Å²) in [6, 6.07) is 8.17. The number of nitrogens with two attached hydrogens (primary N) is 1. The van der Waals surface area contributed by atoms with Gasteiger partial charge in [0.15, 0.2) is 0 Å². The second-order valence-corrected chi connectivity index (χ2v) is 10.2. The number of nitrogens with zero attached hydrogens (tertiary/aromatic N) is 3. The van der Waals surface area contributed by atoms with E-state index in [1.807, 2.05) is 18.2 Å². The van der Waals surface area contributed by atoms with Gasteiger partial charge in [0, 0.05) is 28.8 Å². The highest BCUT2D eigenvalue weighted by Crippen LogP contribution is 2.23. The fourth-order valence-corrected chi connectivity index (χ4v) is 5.33. The number of halogens is 1. The Labute approximate surface area is 182 Å². The summed E-state index contributed by atoms with van der Waals surface area (Å²) in [7, 11) is -3.76. The van der Waals surface area contributed by atoms with Crippen LogP contribution in [-0.2, 0) is 21.4 Å². The molecule has 3 N–H and O–H groups in total. The number of sulfonamides is 1. The molecule has 30 heavy (non-hydrogen) atoms. The van der Waals surface area contributed by atoms with Gasteiger partial charge in [0.25, 0.3) is 0 Å². The summed E-state index contributed by atoms with van der Waals surface area (Å²) in [6.07, 6.45) is 3.25. The molecule has 1 aliphatic heterocycles. The molecule has 156 valence electrons. The Hall–Kier alpha value is -2.53. The molecular weight excluding hydrogens is 446 g/mol. The van der Waals surface area contributed by atoms with E-state index in [9.17, 15) is 13.2 Å². The standard InChI is InChI=1S/C19H18ClN5O3S2/c20-17-4-2-13(29-17)6-8-30(27,28)24-15-5-7-25(19(15)26)10-12-1-3-14-16(9-12)22-11-23-18(14)21/h1-4,6,8-9,11,15,24H,5,7,10H2,(H2,21,22,23)/t15-/m1/s1. The summed E-state index contributed by atoms with van der Waals surface area (Å²) in [6.45, 7) is 0.820. The molecule has 0 spiro atoms. The van der Waals surface area contributed by atoms with Gasteiger partial charge < -0.3 is 10.6 Å². The molecule has 0 bridgehead atoms. The van der Waals surface area contributed by atoms with E-state index >= 15 is 0 Å². The molecule has 0 radical (unpaired) electrons. The molecule has 1 saturated heterocycles. The summed E-state index contributed by atoms with van der Waals surface area (Å²) >= 11 is 7.11. The zero-order valence-electron chi connectivity index (χ0n) is 15.7. The zero-order valence-corrected chi connectivity index (χ0v) is 18.0. The quantitative estimate of drug-likeness (QED) is 0.580. The number of thiophene rings is 1. The van der Waals surface area contributed by atoms with Crippen molar-refractivity contribution in [2.75, 3.05) is 12.3 Å². The fourth-order valence-electron chi connectivity index (χ4n) is 3.26. The van der Waals surface area contributed by atoms with Crippen molar-refractivity contribution in [1.29, 1.82) is 0 Å². The Morgan fingerprint density at radius 1 is 1.30 bits per heavy atom. The number of likely N-dealkylation sites (tertiary alicyclic amines) is 1. The molecule has 1 amide bonds. The lowest BCUT2D eigenvalue weighted by Crippen LogP contribution is -2.40. The number of nitrogen functional groups attached to an aromatic ring is 1. The molecule has 0 saturated carbocycles. The highest BCUT2D eigenvalue weighted by atomic mass is 35.5. The zero-order chi connectivity index (χ0) is 21.3. The number of benzene rings is 1. The Kier molecular flexibility index (Phi) is 5.74. The number of rotatable bonds is 6. The number of amides is 1. The minimum atomic E-state index is -3.76. The highest BCUT2D eigenvalue weighted by molar-refractivity contribution is 7.92. The van der Waals surface area contributed by atoms with Crippen LogP contribution in [0.3, 0.4) is 0 Å². The van der Waals surface area contributed by atoms with E-state index in [0.29, 0.717) is 40.1 Å². The van der Waals surface area contributed by atoms with Crippen LogP contribution in [0.15, 0.2) is 42.1 Å². The van der Waals surface area contributed by atoms with Gasteiger partial charge in [-0.25, -0.2) is 18.4 Å². The number of aromatic nitrogens is 2. The molecule has 8 nitrogen and oxygen atoms in total. The number of fused-ring (bicyclic) bond motifs is 1. The first-order valence-corrected chi connectivity index (χ1v) is 11.8. The molecule has 2 aromatic heterocycles. The molecule has 3 aromatic rings. The maximum Gasteiger partial charge on any atom is 0.241 e. The molecule has 1 aromatic carbocycles. The number of carbonyl (C=O) groups excluding carboxylic acids is 1. The summed E-state index contributed by atoms with van der Waals surface area (Å²) in [5, 5.41) is 1.80. The lowest BCUT2D eigenvalue weighted by molar-refractivity contribution is -0.129. The second kappa shape index (κ2) is 8.31. The van der Waals surface area contributed by atoms with Crippen molar-refractivity contribution < 1.29 is 13.2 Å². The maximum absolute atomic E-state index is 12.7. The van der Waals surface area contributed by atoms with Gasteiger partial charge in [-0.05, 0) is 42.3 Å². The van der Waals surface area contributed by atoms with Gasteiger partial charge in [-0.3, -0.25) is 4.79 Å². The van der Waals surface area contributed by atoms with Crippen LogP contribution in [0.2, 0.25) is 4.34 Å². The van der Waals surface area contributed by atoms with Gasteiger partial charge >= 0.3 is 0 Å². The predicted octanol–water partition coefficient (Wildman–Crippen LogP) is 2.62. The van der Waals surface area contributed by atoms with Crippen LogP contribution < -0.4 is 10.5 Å². The lowest BCUT2D eigenvalue weighted by Gasteiger charge is -2.17. The Morgan fingerprint density at radius 3 is 2.90 bits per heavy atom. The molecule has 0 aliphatic carbocycles. The first-order valence-electron chi connectivity index (χ1n) is 9.04. The predicted molar refractivity (Wildman–Crippen MR) is 118 cm³/mol. The number of anilines is 1. The maximum atomic E-state index is 12.7. The van der Waals surface area contributed by atoms with Crippen LogP contribution in [0, 0.1) is 0 Å². The molecule has 1 aliphatic rings. The largest absolute Gasteiger partial charge is 0.383 e. The average Bonchev–Trinajstić information content (AvgIpc) is 3.27. The minimum Gasteiger partial charge on any atom is -0.383 e. The Balaban J connectivity index is 1.41. The van der Waals surface area contributed by atoms with E-state index in [2.05, 4.69) is 14.7 Å². The van der Waals surface area contributed by atoms with E-state index in [-0.39, 0.29) is 5.91 Å². The summed E-state index contributed by atoms with van der Waals surface area (Å²) < 4.78 is 27.7. The third-order valence-corrected chi connectivity index (χ3v) is 7.02. The Morgan fingerprint density at radius 2 is 2.13 bits per heavy atom. The van der Waals surface area contributed by atoms with Crippen molar-refractivity contribution in [2.24, 2.45) is 0 Å². The van der Waals surface area contributed by atoms with E-state index in [4.69, 9.17) is 17.3 Å².